The van der Waals surface area contributed by atoms with Crippen molar-refractivity contribution in [2.45, 2.75) is 6.54 Å². The van der Waals surface area contributed by atoms with E-state index in [2.05, 4.69) is 5.32 Å². The molecule has 9 nitrogen and oxygen atoms in total. The van der Waals surface area contributed by atoms with E-state index in [0.717, 1.165) is 4.57 Å². The predicted octanol–water partition coefficient (Wildman–Crippen LogP) is 3.93. The number of ether oxygens (including phenoxy) is 1. The third-order valence-corrected chi connectivity index (χ3v) is 4.28. The number of amides is 1. The molecule has 1 amide bonds. The summed E-state index contributed by atoms with van der Waals surface area (Å²) in [6.07, 6.45) is 0. The highest BCUT2D eigenvalue weighted by atomic mass is 16.6. The second kappa shape index (κ2) is 7.92. The molecule has 0 spiro atoms. The summed E-state index contributed by atoms with van der Waals surface area (Å²) in [5.74, 6) is 0.0356. The maximum atomic E-state index is 12.4. The van der Waals surface area contributed by atoms with Crippen molar-refractivity contribution < 1.29 is 18.9 Å². The van der Waals surface area contributed by atoms with Gasteiger partial charge in [0.2, 0.25) is 5.91 Å². The van der Waals surface area contributed by atoms with Gasteiger partial charge in [0.25, 0.3) is 5.69 Å². The number of nitro benzene ring substituents is 1. The van der Waals surface area contributed by atoms with E-state index in [1.165, 1.54) is 18.2 Å². The maximum Gasteiger partial charge on any atom is 0.420 e. The highest BCUT2D eigenvalue weighted by Crippen LogP contribution is 2.23. The number of nitrogens with zero attached hydrogens (tertiary/aromatic N) is 2. The van der Waals surface area contributed by atoms with E-state index >= 15 is 0 Å². The quantitative estimate of drug-likeness (QED) is 0.384. The number of nitro groups is 1. The lowest BCUT2D eigenvalue weighted by Crippen LogP contribution is -2.24. The van der Waals surface area contributed by atoms with Gasteiger partial charge in [0, 0.05) is 17.8 Å². The molecule has 0 radical (unpaired) electrons. The molecule has 9 heteroatoms. The SMILES string of the molecule is O=C(Cn1c(=O)oc2ccc([N+](=O)[O-])cc21)Nc1ccc(Oc2ccccc2)cc1. The molecule has 4 rings (SSSR count). The van der Waals surface area contributed by atoms with E-state index in [-0.39, 0.29) is 23.3 Å². The summed E-state index contributed by atoms with van der Waals surface area (Å²) in [5.41, 5.74) is 0.649. The van der Waals surface area contributed by atoms with Crippen LogP contribution in [-0.2, 0) is 11.3 Å². The number of carbonyl (C=O) groups excluding carboxylic acids is 1. The highest BCUT2D eigenvalue weighted by Gasteiger charge is 2.16. The number of rotatable bonds is 6. The topological polar surface area (TPSA) is 117 Å². The van der Waals surface area contributed by atoms with Gasteiger partial charge in [0.05, 0.1) is 10.4 Å². The van der Waals surface area contributed by atoms with Crippen LogP contribution in [-0.4, -0.2) is 15.4 Å². The first kappa shape index (κ1) is 18.9. The van der Waals surface area contributed by atoms with Gasteiger partial charge in [-0.2, -0.15) is 0 Å². The van der Waals surface area contributed by atoms with Gasteiger partial charge >= 0.3 is 5.76 Å². The van der Waals surface area contributed by atoms with Gasteiger partial charge in [-0.25, -0.2) is 4.79 Å². The lowest BCUT2D eigenvalue weighted by atomic mass is 10.3. The van der Waals surface area contributed by atoms with Gasteiger partial charge in [-0.05, 0) is 42.5 Å². The van der Waals surface area contributed by atoms with Crippen LogP contribution >= 0.6 is 0 Å². The monoisotopic (exact) mass is 405 g/mol. The van der Waals surface area contributed by atoms with Crippen LogP contribution < -0.4 is 15.8 Å². The first-order valence-electron chi connectivity index (χ1n) is 8.90. The average molecular weight is 405 g/mol. The molecule has 0 saturated carbocycles. The molecule has 1 aromatic heterocycles. The Hall–Kier alpha value is -4.40. The van der Waals surface area contributed by atoms with E-state index in [0.29, 0.717) is 17.2 Å². The minimum absolute atomic E-state index is 0.167. The number of carbonyl (C=O) groups is 1. The molecule has 0 aliphatic carbocycles. The van der Waals surface area contributed by atoms with Crippen LogP contribution in [0.2, 0.25) is 0 Å². The summed E-state index contributed by atoms with van der Waals surface area (Å²) in [5, 5.41) is 13.6. The Kier molecular flexibility index (Phi) is 5.00. The number of nitrogens with one attached hydrogen (secondary N) is 1. The fourth-order valence-corrected chi connectivity index (χ4v) is 2.89. The van der Waals surface area contributed by atoms with Crippen LogP contribution in [0.5, 0.6) is 11.5 Å². The summed E-state index contributed by atoms with van der Waals surface area (Å²) >= 11 is 0. The number of benzene rings is 3. The number of aromatic nitrogens is 1. The Balaban J connectivity index is 1.47. The summed E-state index contributed by atoms with van der Waals surface area (Å²) in [7, 11) is 0. The molecule has 0 fully saturated rings. The molecule has 4 aromatic rings. The molecule has 0 saturated heterocycles. The Labute approximate surface area is 169 Å². The van der Waals surface area contributed by atoms with E-state index < -0.39 is 16.6 Å². The van der Waals surface area contributed by atoms with Crippen molar-refractivity contribution in [1.82, 2.24) is 4.57 Å². The second-order valence-corrected chi connectivity index (χ2v) is 6.35. The van der Waals surface area contributed by atoms with E-state index in [9.17, 15) is 19.7 Å². The largest absolute Gasteiger partial charge is 0.457 e. The Morgan fingerprint density at radius 2 is 1.73 bits per heavy atom. The molecule has 3 aromatic carbocycles. The van der Waals surface area contributed by atoms with Crippen molar-refractivity contribution in [3.63, 3.8) is 0 Å². The smallest absolute Gasteiger partial charge is 0.420 e. The van der Waals surface area contributed by atoms with Gasteiger partial charge in [-0.3, -0.25) is 19.5 Å². The summed E-state index contributed by atoms with van der Waals surface area (Å²) < 4.78 is 11.8. The molecular formula is C21H15N3O6. The highest BCUT2D eigenvalue weighted by molar-refractivity contribution is 5.91. The van der Waals surface area contributed by atoms with Crippen molar-refractivity contribution in [3.05, 3.63) is 93.5 Å². The zero-order chi connectivity index (χ0) is 21.1. The molecule has 1 N–H and O–H groups in total. The Morgan fingerprint density at radius 3 is 2.43 bits per heavy atom. The van der Waals surface area contributed by atoms with Crippen LogP contribution in [0.1, 0.15) is 0 Å². The number of oxazole rings is 1. The van der Waals surface area contributed by atoms with Gasteiger partial charge in [-0.15, -0.1) is 0 Å². The normalized spacial score (nSPS) is 10.7. The van der Waals surface area contributed by atoms with Crippen molar-refractivity contribution >= 4 is 28.4 Å². The minimum atomic E-state index is -0.771. The van der Waals surface area contributed by atoms with Gasteiger partial charge < -0.3 is 14.5 Å². The fourth-order valence-electron chi connectivity index (χ4n) is 2.89. The Morgan fingerprint density at radius 1 is 1.03 bits per heavy atom. The van der Waals surface area contributed by atoms with Crippen molar-refractivity contribution in [1.29, 1.82) is 0 Å². The number of non-ortho nitro benzene ring substituents is 1. The molecule has 1 heterocycles. The zero-order valence-corrected chi connectivity index (χ0v) is 15.5. The molecule has 0 aliphatic heterocycles. The van der Waals surface area contributed by atoms with Crippen molar-refractivity contribution in [3.8, 4) is 11.5 Å². The molecule has 0 atom stereocenters. The average Bonchev–Trinajstić information content (AvgIpc) is 3.04. The summed E-state index contributed by atoms with van der Waals surface area (Å²) in [6.45, 7) is -0.352. The molecular weight excluding hydrogens is 390 g/mol. The first-order valence-corrected chi connectivity index (χ1v) is 8.90. The summed E-state index contributed by atoms with van der Waals surface area (Å²) in [4.78, 5) is 34.8. The molecule has 0 bridgehead atoms. The third-order valence-electron chi connectivity index (χ3n) is 4.28. The second-order valence-electron chi connectivity index (χ2n) is 6.35. The third kappa shape index (κ3) is 4.04. The van der Waals surface area contributed by atoms with Crippen LogP contribution in [0, 0.1) is 10.1 Å². The minimum Gasteiger partial charge on any atom is -0.457 e. The van der Waals surface area contributed by atoms with E-state index in [4.69, 9.17) is 9.15 Å². The fraction of sp³-hybridized carbons (Fsp3) is 0.0476. The lowest BCUT2D eigenvalue weighted by Gasteiger charge is -2.08. The maximum absolute atomic E-state index is 12.4. The number of fused-ring (bicyclic) bond motifs is 1. The molecule has 0 aliphatic rings. The van der Waals surface area contributed by atoms with Crippen LogP contribution in [0.25, 0.3) is 11.1 Å². The van der Waals surface area contributed by atoms with Crippen LogP contribution in [0.15, 0.2) is 82.0 Å². The predicted molar refractivity (Wildman–Crippen MR) is 109 cm³/mol. The molecule has 0 unspecified atom stereocenters. The Bertz CT molecular complexity index is 1280. The molecule has 150 valence electrons. The number of anilines is 1. The van der Waals surface area contributed by atoms with E-state index in [1.54, 1.807) is 24.3 Å². The number of hydrogen-bond donors (Lipinski definition) is 1. The van der Waals surface area contributed by atoms with Gasteiger partial charge in [0.15, 0.2) is 5.58 Å². The van der Waals surface area contributed by atoms with Gasteiger partial charge in [0.1, 0.15) is 18.0 Å². The zero-order valence-electron chi connectivity index (χ0n) is 15.5. The van der Waals surface area contributed by atoms with E-state index in [1.807, 2.05) is 30.3 Å². The summed E-state index contributed by atoms with van der Waals surface area (Å²) in [6, 6.07) is 19.7. The number of para-hydroxylation sites is 1. The molecule has 30 heavy (non-hydrogen) atoms. The number of hydrogen-bond acceptors (Lipinski definition) is 6. The van der Waals surface area contributed by atoms with Crippen molar-refractivity contribution in [2.24, 2.45) is 0 Å². The van der Waals surface area contributed by atoms with Crippen LogP contribution in [0.3, 0.4) is 0 Å². The van der Waals surface area contributed by atoms with Crippen molar-refractivity contribution in [2.75, 3.05) is 5.32 Å². The first-order chi connectivity index (χ1) is 14.5. The standard InChI is InChI=1S/C21H15N3O6/c25-20(13-23-18-12-15(24(27)28)8-11-19(18)30-21(23)26)22-14-6-9-17(10-7-14)29-16-4-2-1-3-5-16/h1-12H,13H2,(H,22,25). The lowest BCUT2D eigenvalue weighted by molar-refractivity contribution is -0.384. The van der Waals surface area contributed by atoms with Gasteiger partial charge in [-0.1, -0.05) is 18.2 Å². The van der Waals surface area contributed by atoms with Crippen LogP contribution in [0.4, 0.5) is 11.4 Å².